The molecule has 6 heteroatoms. The number of imide groups is 1. The van der Waals surface area contributed by atoms with E-state index < -0.39 is 29.3 Å². The molecule has 5 nitrogen and oxygen atoms in total. The number of benzene rings is 1. The topological polar surface area (TPSA) is 69.6 Å². The van der Waals surface area contributed by atoms with E-state index >= 15 is 0 Å². The molecule has 20 heavy (non-hydrogen) atoms. The van der Waals surface area contributed by atoms with Gasteiger partial charge in [0.1, 0.15) is 11.4 Å². The van der Waals surface area contributed by atoms with Crippen molar-refractivity contribution in [1.29, 1.82) is 0 Å². The van der Waals surface area contributed by atoms with Gasteiger partial charge < -0.3 is 10.0 Å². The highest BCUT2D eigenvalue weighted by atomic mass is 19.1. The van der Waals surface area contributed by atoms with E-state index in [4.69, 9.17) is 0 Å². The molecule has 1 atom stereocenters. The van der Waals surface area contributed by atoms with Gasteiger partial charge in [0, 0.05) is 0 Å². The quantitative estimate of drug-likeness (QED) is 0.797. The second-order valence-corrected chi connectivity index (χ2v) is 5.41. The Morgan fingerprint density at radius 1 is 1.40 bits per heavy atom. The normalized spacial score (nSPS) is 19.8. The predicted octanol–water partition coefficient (Wildman–Crippen LogP) is 1.12. The zero-order chi connectivity index (χ0) is 15.1. The molecule has 0 radical (unpaired) electrons. The average molecular weight is 280 g/mol. The number of halogens is 1. The number of nitrogens with zero attached hydrogens (tertiary/aromatic N) is 1. The largest absolute Gasteiger partial charge is 0.389 e. The molecule has 1 aliphatic rings. The van der Waals surface area contributed by atoms with Gasteiger partial charge in [-0.1, -0.05) is 6.07 Å². The number of carbonyl (C=O) groups is 2. The minimum Gasteiger partial charge on any atom is -0.389 e. The Bertz CT molecular complexity index is 570. The van der Waals surface area contributed by atoms with Gasteiger partial charge in [0.05, 0.1) is 18.3 Å². The maximum Gasteiger partial charge on any atom is 0.251 e. The van der Waals surface area contributed by atoms with E-state index in [2.05, 4.69) is 5.32 Å². The van der Waals surface area contributed by atoms with Crippen molar-refractivity contribution in [3.63, 3.8) is 0 Å². The molecule has 1 saturated heterocycles. The molecule has 0 aliphatic carbocycles. The van der Waals surface area contributed by atoms with Gasteiger partial charge in [-0.05, 0) is 38.5 Å². The number of hydrogen-bond acceptors (Lipinski definition) is 4. The number of amides is 2. The van der Waals surface area contributed by atoms with Gasteiger partial charge in [0.25, 0.3) is 5.91 Å². The van der Waals surface area contributed by atoms with Crippen LogP contribution in [-0.2, 0) is 9.59 Å². The predicted molar refractivity (Wildman–Crippen MR) is 71.6 cm³/mol. The van der Waals surface area contributed by atoms with Crippen LogP contribution in [0.15, 0.2) is 18.2 Å². The number of rotatable bonds is 2. The molecule has 1 aromatic carbocycles. The van der Waals surface area contributed by atoms with Crippen LogP contribution in [0.25, 0.3) is 0 Å². The number of nitrogens with one attached hydrogen (secondary N) is 1. The highest BCUT2D eigenvalue weighted by Crippen LogP contribution is 2.30. The summed E-state index contributed by atoms with van der Waals surface area (Å²) in [7, 11) is 0. The number of carbonyl (C=O) groups excluding carboxylic acids is 2. The van der Waals surface area contributed by atoms with E-state index in [1.165, 1.54) is 24.0 Å². The molecule has 1 fully saturated rings. The van der Waals surface area contributed by atoms with Crippen LogP contribution in [0.4, 0.5) is 10.1 Å². The number of hydrogen-bond donors (Lipinski definition) is 2. The molecule has 2 amide bonds. The van der Waals surface area contributed by atoms with Gasteiger partial charge in [-0.3, -0.25) is 14.9 Å². The first-order valence-corrected chi connectivity index (χ1v) is 6.33. The fourth-order valence-electron chi connectivity index (χ4n) is 2.17. The summed E-state index contributed by atoms with van der Waals surface area (Å²) in [6.45, 7) is 4.69. The monoisotopic (exact) mass is 280 g/mol. The highest BCUT2D eigenvalue weighted by Gasteiger charge is 2.41. The van der Waals surface area contributed by atoms with Crippen molar-refractivity contribution in [2.24, 2.45) is 0 Å². The zero-order valence-electron chi connectivity index (χ0n) is 11.6. The van der Waals surface area contributed by atoms with Crippen LogP contribution in [0, 0.1) is 5.82 Å². The number of aliphatic hydroxyl groups excluding tert-OH is 1. The minimum absolute atomic E-state index is 0.0936. The third kappa shape index (κ3) is 2.38. The second-order valence-electron chi connectivity index (χ2n) is 5.41. The van der Waals surface area contributed by atoms with E-state index in [9.17, 15) is 19.1 Å². The summed E-state index contributed by atoms with van der Waals surface area (Å²) in [4.78, 5) is 24.8. The summed E-state index contributed by atoms with van der Waals surface area (Å²) in [6.07, 6.45) is -0.780. The van der Waals surface area contributed by atoms with E-state index in [0.717, 1.165) is 0 Å². The fourth-order valence-corrected chi connectivity index (χ4v) is 2.17. The molecule has 108 valence electrons. The molecule has 1 aromatic rings. The second kappa shape index (κ2) is 4.86. The lowest BCUT2D eigenvalue weighted by Crippen LogP contribution is -2.64. The first-order chi connectivity index (χ1) is 9.23. The summed E-state index contributed by atoms with van der Waals surface area (Å²) in [5.74, 6) is -1.50. The molecule has 2 N–H and O–H groups in total. The molecular weight excluding hydrogens is 263 g/mol. The number of piperazine rings is 1. The van der Waals surface area contributed by atoms with Crippen molar-refractivity contribution in [3.8, 4) is 0 Å². The van der Waals surface area contributed by atoms with Crippen molar-refractivity contribution < 1.29 is 19.1 Å². The van der Waals surface area contributed by atoms with Crippen molar-refractivity contribution in [3.05, 3.63) is 29.6 Å². The van der Waals surface area contributed by atoms with Crippen LogP contribution < -0.4 is 10.2 Å². The third-order valence-electron chi connectivity index (χ3n) is 3.53. The lowest BCUT2D eigenvalue weighted by molar-refractivity contribution is -0.135. The lowest BCUT2D eigenvalue weighted by Gasteiger charge is -2.41. The summed E-state index contributed by atoms with van der Waals surface area (Å²) >= 11 is 0. The Balaban J connectivity index is 2.44. The Kier molecular flexibility index (Phi) is 3.52. The summed E-state index contributed by atoms with van der Waals surface area (Å²) in [6, 6.07) is 4.27. The van der Waals surface area contributed by atoms with Crippen LogP contribution in [0.5, 0.6) is 0 Å². The van der Waals surface area contributed by atoms with E-state index in [0.29, 0.717) is 5.56 Å². The number of aliphatic hydroxyl groups is 1. The Morgan fingerprint density at radius 3 is 2.60 bits per heavy atom. The van der Waals surface area contributed by atoms with Crippen molar-refractivity contribution in [1.82, 2.24) is 5.32 Å². The third-order valence-corrected chi connectivity index (χ3v) is 3.53. The smallest absolute Gasteiger partial charge is 0.251 e. The van der Waals surface area contributed by atoms with Gasteiger partial charge in [-0.15, -0.1) is 0 Å². The number of anilines is 1. The van der Waals surface area contributed by atoms with Crippen LogP contribution >= 0.6 is 0 Å². The molecule has 0 aromatic heterocycles. The zero-order valence-corrected chi connectivity index (χ0v) is 11.6. The molecule has 2 rings (SSSR count). The lowest BCUT2D eigenvalue weighted by atomic mass is 9.97. The fraction of sp³-hybridized carbons (Fsp3) is 0.429. The van der Waals surface area contributed by atoms with E-state index in [1.807, 2.05) is 0 Å². The van der Waals surface area contributed by atoms with Crippen molar-refractivity contribution in [2.45, 2.75) is 32.4 Å². The SMILES string of the molecule is C[C@@H](O)c1ccc(N2CC(=O)NC(=O)C2(C)C)c(F)c1. The van der Waals surface area contributed by atoms with Crippen molar-refractivity contribution >= 4 is 17.5 Å². The first kappa shape index (κ1) is 14.5. The van der Waals surface area contributed by atoms with Gasteiger partial charge in [0.15, 0.2) is 0 Å². The summed E-state index contributed by atoms with van der Waals surface area (Å²) in [5.41, 5.74) is -0.416. The van der Waals surface area contributed by atoms with Crippen LogP contribution in [-0.4, -0.2) is 29.0 Å². The molecule has 0 spiro atoms. The van der Waals surface area contributed by atoms with Gasteiger partial charge >= 0.3 is 0 Å². The highest BCUT2D eigenvalue weighted by molar-refractivity contribution is 6.06. The molecule has 0 saturated carbocycles. The Hall–Kier alpha value is -1.95. The van der Waals surface area contributed by atoms with Crippen LogP contribution in [0.1, 0.15) is 32.4 Å². The minimum atomic E-state index is -1.03. The van der Waals surface area contributed by atoms with E-state index in [-0.39, 0.29) is 12.2 Å². The molecule has 1 aliphatic heterocycles. The van der Waals surface area contributed by atoms with E-state index in [1.54, 1.807) is 19.9 Å². The maximum absolute atomic E-state index is 14.2. The van der Waals surface area contributed by atoms with Gasteiger partial charge in [-0.25, -0.2) is 4.39 Å². The molecule has 1 heterocycles. The van der Waals surface area contributed by atoms with Gasteiger partial charge in [0.2, 0.25) is 5.91 Å². The maximum atomic E-state index is 14.2. The van der Waals surface area contributed by atoms with Crippen LogP contribution in [0.3, 0.4) is 0 Å². The Labute approximate surface area is 116 Å². The standard InChI is InChI=1S/C14H17FN2O3/c1-8(18)9-4-5-11(10(15)6-9)17-7-12(19)16-13(20)14(17,2)3/h4-6,8,18H,7H2,1-3H3,(H,16,19,20)/t8-/m1/s1. The Morgan fingerprint density at radius 2 is 2.05 bits per heavy atom. The molecular formula is C14H17FN2O3. The van der Waals surface area contributed by atoms with Crippen LogP contribution in [0.2, 0.25) is 0 Å². The molecule has 0 unspecified atom stereocenters. The van der Waals surface area contributed by atoms with Crippen molar-refractivity contribution in [2.75, 3.05) is 11.4 Å². The average Bonchev–Trinajstić information content (AvgIpc) is 2.34. The summed E-state index contributed by atoms with van der Waals surface area (Å²) in [5, 5.41) is 11.7. The van der Waals surface area contributed by atoms with Gasteiger partial charge in [-0.2, -0.15) is 0 Å². The molecule has 0 bridgehead atoms. The first-order valence-electron chi connectivity index (χ1n) is 6.33. The summed E-state index contributed by atoms with van der Waals surface area (Å²) < 4.78 is 14.2.